The third kappa shape index (κ3) is 4.00. The van der Waals surface area contributed by atoms with Crippen LogP contribution < -0.4 is 4.90 Å². The van der Waals surface area contributed by atoms with Gasteiger partial charge in [0.15, 0.2) is 0 Å². The summed E-state index contributed by atoms with van der Waals surface area (Å²) in [5, 5.41) is 0. The van der Waals surface area contributed by atoms with Crippen molar-refractivity contribution in [3.8, 4) is 0 Å². The van der Waals surface area contributed by atoms with E-state index in [0.717, 1.165) is 28.2 Å². The number of rotatable bonds is 4. The number of nitrogens with zero attached hydrogens (tertiary/aromatic N) is 3. The normalized spacial score (nSPS) is 15.2. The Labute approximate surface area is 163 Å². The molecule has 2 aromatic rings. The number of carbonyl (C=O) groups is 1. The Balaban J connectivity index is 1.76. The smallest absolute Gasteiger partial charge is 0.256 e. The predicted molar refractivity (Wildman–Crippen MR) is 102 cm³/mol. The van der Waals surface area contributed by atoms with Gasteiger partial charge in [-0.3, -0.25) is 4.79 Å². The zero-order valence-corrected chi connectivity index (χ0v) is 16.4. The van der Waals surface area contributed by atoms with E-state index in [9.17, 15) is 22.0 Å². The molecule has 2 aromatic carbocycles. The highest BCUT2D eigenvalue weighted by molar-refractivity contribution is 7.89. The summed E-state index contributed by atoms with van der Waals surface area (Å²) in [4.78, 5) is 16.1. The zero-order chi connectivity index (χ0) is 20.5. The first-order valence-electron chi connectivity index (χ1n) is 8.72. The Hall–Kier alpha value is -2.52. The summed E-state index contributed by atoms with van der Waals surface area (Å²) in [6, 6.07) is 9.31. The Morgan fingerprint density at radius 1 is 0.964 bits per heavy atom. The van der Waals surface area contributed by atoms with Gasteiger partial charge in [0.05, 0.1) is 10.5 Å². The molecule has 1 heterocycles. The maximum absolute atomic E-state index is 14.2. The molecule has 1 amide bonds. The first-order valence-corrected chi connectivity index (χ1v) is 10.2. The van der Waals surface area contributed by atoms with Gasteiger partial charge in [-0.15, -0.1) is 0 Å². The number of amides is 1. The first-order chi connectivity index (χ1) is 13.2. The molecule has 1 fully saturated rings. The van der Waals surface area contributed by atoms with Gasteiger partial charge in [0, 0.05) is 46.0 Å². The Morgan fingerprint density at radius 2 is 1.57 bits per heavy atom. The summed E-state index contributed by atoms with van der Waals surface area (Å²) < 4.78 is 52.8. The highest BCUT2D eigenvalue weighted by Crippen LogP contribution is 2.21. The van der Waals surface area contributed by atoms with Gasteiger partial charge in [0.25, 0.3) is 5.91 Å². The molecule has 0 spiro atoms. The van der Waals surface area contributed by atoms with Crippen LogP contribution in [-0.4, -0.2) is 63.8 Å². The van der Waals surface area contributed by atoms with E-state index in [1.807, 2.05) is 4.90 Å². The molecule has 9 heteroatoms. The molecule has 0 bridgehead atoms. The maximum Gasteiger partial charge on any atom is 0.256 e. The lowest BCUT2D eigenvalue weighted by atomic mass is 10.1. The fourth-order valence-corrected chi connectivity index (χ4v) is 3.96. The van der Waals surface area contributed by atoms with E-state index in [0.29, 0.717) is 26.2 Å². The van der Waals surface area contributed by atoms with Gasteiger partial charge in [0.1, 0.15) is 11.6 Å². The second-order valence-corrected chi connectivity index (χ2v) is 8.84. The third-order valence-corrected chi connectivity index (χ3v) is 6.52. The van der Waals surface area contributed by atoms with E-state index in [4.69, 9.17) is 0 Å². The van der Waals surface area contributed by atoms with Crippen molar-refractivity contribution >= 4 is 21.6 Å². The zero-order valence-electron chi connectivity index (χ0n) is 15.6. The number of carbonyl (C=O) groups excluding carboxylic acids is 1. The molecule has 0 atom stereocenters. The fourth-order valence-electron chi connectivity index (χ4n) is 3.03. The van der Waals surface area contributed by atoms with Crippen LogP contribution in [0.15, 0.2) is 47.4 Å². The van der Waals surface area contributed by atoms with Gasteiger partial charge in [-0.1, -0.05) is 0 Å². The molecule has 0 saturated carbocycles. The van der Waals surface area contributed by atoms with E-state index in [2.05, 4.69) is 0 Å². The number of sulfonamides is 1. The molecule has 1 aliphatic heterocycles. The Morgan fingerprint density at radius 3 is 2.14 bits per heavy atom. The molecule has 0 N–H and O–H groups in total. The fraction of sp³-hybridized carbons (Fsp3) is 0.316. The van der Waals surface area contributed by atoms with E-state index < -0.39 is 21.7 Å². The van der Waals surface area contributed by atoms with E-state index >= 15 is 0 Å². The molecule has 0 radical (unpaired) electrons. The van der Waals surface area contributed by atoms with Crippen LogP contribution in [0.2, 0.25) is 0 Å². The number of piperazine rings is 1. The summed E-state index contributed by atoms with van der Waals surface area (Å²) in [6.07, 6.45) is 0. The standard InChI is InChI=1S/C19H21F2N3O3S/c1-22(2)28(26,27)16-7-8-18(21)17(13-16)19(25)24-11-9-23(10-12-24)15-5-3-14(20)4-6-15/h3-8,13H,9-12H2,1-2H3. The van der Waals surface area contributed by atoms with E-state index in [1.54, 1.807) is 12.1 Å². The number of hydrogen-bond donors (Lipinski definition) is 0. The van der Waals surface area contributed by atoms with Gasteiger partial charge in [-0.05, 0) is 42.5 Å². The Kier molecular flexibility index (Phi) is 5.66. The average molecular weight is 409 g/mol. The molecule has 0 unspecified atom stereocenters. The lowest BCUT2D eigenvalue weighted by Crippen LogP contribution is -2.49. The minimum atomic E-state index is -3.77. The summed E-state index contributed by atoms with van der Waals surface area (Å²) in [5.41, 5.74) is 0.580. The van der Waals surface area contributed by atoms with Crippen molar-refractivity contribution < 1.29 is 22.0 Å². The minimum absolute atomic E-state index is 0.132. The van der Waals surface area contributed by atoms with Crippen LogP contribution in [0.1, 0.15) is 10.4 Å². The molecule has 150 valence electrons. The van der Waals surface area contributed by atoms with E-state index in [-0.39, 0.29) is 16.3 Å². The first kappa shape index (κ1) is 20.2. The predicted octanol–water partition coefficient (Wildman–Crippen LogP) is 2.18. The minimum Gasteiger partial charge on any atom is -0.368 e. The monoisotopic (exact) mass is 409 g/mol. The van der Waals surface area contributed by atoms with Crippen LogP contribution in [-0.2, 0) is 10.0 Å². The van der Waals surface area contributed by atoms with Crippen molar-refractivity contribution in [2.75, 3.05) is 45.2 Å². The summed E-state index contributed by atoms with van der Waals surface area (Å²) in [5.74, 6) is -1.63. The summed E-state index contributed by atoms with van der Waals surface area (Å²) in [6.45, 7) is 1.71. The van der Waals surface area contributed by atoms with Crippen molar-refractivity contribution in [2.45, 2.75) is 4.90 Å². The second kappa shape index (κ2) is 7.84. The van der Waals surface area contributed by atoms with Gasteiger partial charge in [-0.25, -0.2) is 21.5 Å². The second-order valence-electron chi connectivity index (χ2n) is 6.68. The van der Waals surface area contributed by atoms with Crippen LogP contribution in [0.25, 0.3) is 0 Å². The number of anilines is 1. The molecular formula is C19H21F2N3O3S. The molecule has 1 saturated heterocycles. The van der Waals surface area contributed by atoms with Gasteiger partial charge in [0.2, 0.25) is 10.0 Å². The summed E-state index contributed by atoms with van der Waals surface area (Å²) >= 11 is 0. The van der Waals surface area contributed by atoms with Crippen LogP contribution in [0, 0.1) is 11.6 Å². The third-order valence-electron chi connectivity index (χ3n) is 4.71. The van der Waals surface area contributed by atoms with Gasteiger partial charge < -0.3 is 9.80 Å². The quantitative estimate of drug-likeness (QED) is 0.777. The highest BCUT2D eigenvalue weighted by atomic mass is 32.2. The molecule has 6 nitrogen and oxygen atoms in total. The van der Waals surface area contributed by atoms with E-state index in [1.165, 1.54) is 31.1 Å². The lowest BCUT2D eigenvalue weighted by molar-refractivity contribution is 0.0741. The molecular weight excluding hydrogens is 388 g/mol. The van der Waals surface area contributed by atoms with Crippen molar-refractivity contribution in [1.29, 1.82) is 0 Å². The number of halogens is 2. The largest absolute Gasteiger partial charge is 0.368 e. The molecule has 0 aliphatic carbocycles. The van der Waals surface area contributed by atoms with Crippen molar-refractivity contribution in [3.63, 3.8) is 0 Å². The summed E-state index contributed by atoms with van der Waals surface area (Å²) in [7, 11) is -1.03. The van der Waals surface area contributed by atoms with Crippen molar-refractivity contribution in [2.24, 2.45) is 0 Å². The van der Waals surface area contributed by atoms with Crippen molar-refractivity contribution in [1.82, 2.24) is 9.21 Å². The molecule has 3 rings (SSSR count). The molecule has 28 heavy (non-hydrogen) atoms. The van der Waals surface area contributed by atoms with Crippen LogP contribution in [0.3, 0.4) is 0 Å². The highest BCUT2D eigenvalue weighted by Gasteiger charge is 2.26. The van der Waals surface area contributed by atoms with Crippen LogP contribution >= 0.6 is 0 Å². The number of hydrogen-bond acceptors (Lipinski definition) is 4. The van der Waals surface area contributed by atoms with Gasteiger partial charge in [-0.2, -0.15) is 0 Å². The van der Waals surface area contributed by atoms with Crippen molar-refractivity contribution in [3.05, 3.63) is 59.7 Å². The average Bonchev–Trinajstić information content (AvgIpc) is 2.68. The molecule has 1 aliphatic rings. The maximum atomic E-state index is 14.2. The van der Waals surface area contributed by atoms with Crippen LogP contribution in [0.4, 0.5) is 14.5 Å². The lowest BCUT2D eigenvalue weighted by Gasteiger charge is -2.36. The van der Waals surface area contributed by atoms with Crippen LogP contribution in [0.5, 0.6) is 0 Å². The topological polar surface area (TPSA) is 60.9 Å². The SMILES string of the molecule is CN(C)S(=O)(=O)c1ccc(F)c(C(=O)N2CCN(c3ccc(F)cc3)CC2)c1. The Bertz CT molecular complexity index is 970. The molecule has 0 aromatic heterocycles. The van der Waals surface area contributed by atoms with Gasteiger partial charge >= 0.3 is 0 Å². The number of benzene rings is 2.